The van der Waals surface area contributed by atoms with Gasteiger partial charge in [-0.1, -0.05) is 36.9 Å². The van der Waals surface area contributed by atoms with Crippen LogP contribution in [0.15, 0.2) is 36.9 Å². The Morgan fingerprint density at radius 2 is 1.85 bits per heavy atom. The molecule has 4 rings (SSSR count). The maximum absolute atomic E-state index is 12.2. The minimum atomic E-state index is -0.308. The van der Waals surface area contributed by atoms with Gasteiger partial charge in [0.2, 0.25) is 0 Å². The first-order valence-electron chi connectivity index (χ1n) is 7.09. The van der Waals surface area contributed by atoms with E-state index in [9.17, 15) is 4.79 Å². The highest BCUT2D eigenvalue weighted by Crippen LogP contribution is 2.42. The summed E-state index contributed by atoms with van der Waals surface area (Å²) in [6, 6.07) is 10.1. The van der Waals surface area contributed by atoms with Crippen LogP contribution < -0.4 is 5.32 Å². The molecule has 1 N–H and O–H groups in total. The van der Waals surface area contributed by atoms with Gasteiger partial charge in [-0.25, -0.2) is 4.79 Å². The number of ether oxygens (including phenoxy) is 2. The summed E-state index contributed by atoms with van der Waals surface area (Å²) in [6.45, 7) is 3.85. The number of piperidine rings is 1. The second-order valence-corrected chi connectivity index (χ2v) is 5.79. The minimum Gasteiger partial charge on any atom is -0.459 e. The number of benzene rings is 1. The molecule has 3 saturated heterocycles. The topological polar surface area (TPSA) is 50.9 Å². The molecule has 1 unspecified atom stereocenters. The van der Waals surface area contributed by atoms with Crippen LogP contribution in [-0.2, 0) is 14.3 Å². The summed E-state index contributed by atoms with van der Waals surface area (Å²) in [5.74, 6) is -0.308. The van der Waals surface area contributed by atoms with Crippen LogP contribution >= 0.6 is 0 Å². The van der Waals surface area contributed by atoms with Crippen molar-refractivity contribution in [3.63, 3.8) is 0 Å². The number of rotatable bonds is 3. The van der Waals surface area contributed by atoms with Crippen LogP contribution in [0, 0.1) is 0 Å². The Morgan fingerprint density at radius 3 is 2.50 bits per heavy atom. The monoisotopic (exact) mass is 271 g/mol. The van der Waals surface area contributed by atoms with Gasteiger partial charge in [-0.05, 0) is 5.56 Å². The number of carbonyl (C=O) groups is 1. The molecule has 0 aliphatic carbocycles. The molecule has 3 aliphatic heterocycles. The number of hydrogen-bond donors (Lipinski definition) is 1. The highest BCUT2D eigenvalue weighted by atomic mass is 16.6. The summed E-state index contributed by atoms with van der Waals surface area (Å²) in [7, 11) is 0. The van der Waals surface area contributed by atoms with E-state index in [-0.39, 0.29) is 12.1 Å². The van der Waals surface area contributed by atoms with Crippen LogP contribution in [0.25, 0.3) is 5.57 Å². The molecule has 3 fully saturated rings. The Morgan fingerprint density at radius 1 is 1.20 bits per heavy atom. The third-order valence-corrected chi connectivity index (χ3v) is 4.46. The first-order chi connectivity index (χ1) is 9.72. The van der Waals surface area contributed by atoms with E-state index < -0.39 is 0 Å². The van der Waals surface area contributed by atoms with Crippen LogP contribution in [0.2, 0.25) is 0 Å². The van der Waals surface area contributed by atoms with E-state index in [1.165, 1.54) is 0 Å². The van der Waals surface area contributed by atoms with Crippen molar-refractivity contribution in [2.45, 2.75) is 43.2 Å². The van der Waals surface area contributed by atoms with Crippen molar-refractivity contribution < 1.29 is 14.3 Å². The van der Waals surface area contributed by atoms with Crippen molar-refractivity contribution in [3.8, 4) is 0 Å². The summed E-state index contributed by atoms with van der Waals surface area (Å²) < 4.78 is 11.2. The van der Waals surface area contributed by atoms with Gasteiger partial charge in [-0.15, -0.1) is 0 Å². The number of morpholine rings is 1. The van der Waals surface area contributed by atoms with Gasteiger partial charge in [0.1, 0.15) is 18.3 Å². The number of esters is 1. The van der Waals surface area contributed by atoms with E-state index >= 15 is 0 Å². The number of hydrogen-bond acceptors (Lipinski definition) is 4. The fourth-order valence-corrected chi connectivity index (χ4v) is 3.39. The first-order valence-corrected chi connectivity index (χ1v) is 7.09. The Kier molecular flexibility index (Phi) is 2.69. The maximum Gasteiger partial charge on any atom is 0.338 e. The second-order valence-electron chi connectivity index (χ2n) is 5.79. The average Bonchev–Trinajstić information content (AvgIpc) is 3.23. The van der Waals surface area contributed by atoms with Crippen molar-refractivity contribution in [1.29, 1.82) is 0 Å². The van der Waals surface area contributed by atoms with E-state index in [1.54, 1.807) is 0 Å². The normalized spacial score (nSPS) is 37.1. The lowest BCUT2D eigenvalue weighted by molar-refractivity contribution is -0.144. The molecule has 1 aromatic rings. The van der Waals surface area contributed by atoms with E-state index in [0.29, 0.717) is 29.9 Å². The molecular formula is C16H17NO3. The van der Waals surface area contributed by atoms with Crippen molar-refractivity contribution >= 4 is 11.5 Å². The van der Waals surface area contributed by atoms with E-state index in [0.717, 1.165) is 18.4 Å². The zero-order valence-corrected chi connectivity index (χ0v) is 11.1. The number of epoxide rings is 1. The molecule has 0 radical (unpaired) electrons. The molecular weight excluding hydrogens is 254 g/mol. The highest BCUT2D eigenvalue weighted by molar-refractivity contribution is 6.15. The van der Waals surface area contributed by atoms with Gasteiger partial charge in [0.05, 0.1) is 5.57 Å². The highest BCUT2D eigenvalue weighted by Gasteiger charge is 2.59. The van der Waals surface area contributed by atoms with Crippen molar-refractivity contribution in [2.75, 3.05) is 0 Å². The van der Waals surface area contributed by atoms with Crippen LogP contribution in [0.5, 0.6) is 0 Å². The first kappa shape index (κ1) is 12.1. The molecule has 1 aromatic carbocycles. The zero-order chi connectivity index (χ0) is 13.7. The van der Waals surface area contributed by atoms with Crippen LogP contribution in [0.3, 0.4) is 0 Å². The third kappa shape index (κ3) is 1.96. The lowest BCUT2D eigenvalue weighted by Gasteiger charge is -2.31. The van der Waals surface area contributed by atoms with Crippen LogP contribution in [-0.4, -0.2) is 36.4 Å². The molecule has 3 aliphatic rings. The lowest BCUT2D eigenvalue weighted by atomic mass is 10.0. The molecule has 0 amide bonds. The summed E-state index contributed by atoms with van der Waals surface area (Å²) in [4.78, 5) is 12.2. The maximum atomic E-state index is 12.2. The molecule has 0 spiro atoms. The molecule has 4 heteroatoms. The molecule has 3 heterocycles. The summed E-state index contributed by atoms with van der Waals surface area (Å²) in [6.07, 6.45) is 2.36. The van der Waals surface area contributed by atoms with Gasteiger partial charge < -0.3 is 14.8 Å². The summed E-state index contributed by atoms with van der Waals surface area (Å²) in [5.41, 5.74) is 1.25. The molecule has 0 aromatic heterocycles. The summed E-state index contributed by atoms with van der Waals surface area (Å²) in [5, 5.41) is 3.52. The Bertz CT molecular complexity index is 540. The van der Waals surface area contributed by atoms with Crippen molar-refractivity contribution in [1.82, 2.24) is 5.32 Å². The zero-order valence-electron chi connectivity index (χ0n) is 11.1. The lowest BCUT2D eigenvalue weighted by Crippen LogP contribution is -2.46. The fraction of sp³-hybridized carbons (Fsp3) is 0.438. The van der Waals surface area contributed by atoms with Gasteiger partial charge in [0.25, 0.3) is 0 Å². The fourth-order valence-electron chi connectivity index (χ4n) is 3.39. The predicted octanol–water partition coefficient (Wildman–Crippen LogP) is 1.51. The third-order valence-electron chi connectivity index (χ3n) is 4.46. The number of fused-ring (bicyclic) bond motifs is 5. The molecule has 0 saturated carbocycles. The quantitative estimate of drug-likeness (QED) is 0.514. The van der Waals surface area contributed by atoms with E-state index in [4.69, 9.17) is 9.47 Å². The van der Waals surface area contributed by atoms with Crippen LogP contribution in [0.4, 0.5) is 0 Å². The number of carbonyl (C=O) groups excluding carboxylic acids is 1. The molecule has 2 bridgehead atoms. The summed E-state index contributed by atoms with van der Waals surface area (Å²) >= 11 is 0. The standard InChI is InChI=1S/C16H17NO3/c1-9(10-5-3-2-4-6-10)16(18)19-11-7-12-14-15(20-14)13(8-11)17-12/h2-6,11-15,17H,1,7-8H2/t11?,12-,13+,14-,15+. The van der Waals surface area contributed by atoms with Gasteiger partial charge in [0.15, 0.2) is 0 Å². The molecule has 5 atom stereocenters. The SMILES string of the molecule is C=C(C(=O)OC1C[C@@H]2N[C@H](C1)[C@H]1O[C@H]12)c1ccccc1. The molecule has 20 heavy (non-hydrogen) atoms. The Hall–Kier alpha value is -1.65. The smallest absolute Gasteiger partial charge is 0.338 e. The molecule has 4 nitrogen and oxygen atoms in total. The minimum absolute atomic E-state index is 0.0180. The van der Waals surface area contributed by atoms with Gasteiger partial charge >= 0.3 is 5.97 Å². The van der Waals surface area contributed by atoms with Crippen LogP contribution in [0.1, 0.15) is 18.4 Å². The second kappa shape index (κ2) is 4.43. The van der Waals surface area contributed by atoms with Crippen molar-refractivity contribution in [3.05, 3.63) is 42.5 Å². The Balaban J connectivity index is 1.40. The van der Waals surface area contributed by atoms with Gasteiger partial charge in [-0.3, -0.25) is 0 Å². The van der Waals surface area contributed by atoms with Gasteiger partial charge in [0, 0.05) is 24.9 Å². The molecule has 104 valence electrons. The predicted molar refractivity (Wildman–Crippen MR) is 74.0 cm³/mol. The average molecular weight is 271 g/mol. The van der Waals surface area contributed by atoms with Gasteiger partial charge in [-0.2, -0.15) is 0 Å². The Labute approximate surface area is 117 Å². The van der Waals surface area contributed by atoms with E-state index in [1.807, 2.05) is 30.3 Å². The van der Waals surface area contributed by atoms with E-state index in [2.05, 4.69) is 11.9 Å². The van der Waals surface area contributed by atoms with Crippen molar-refractivity contribution in [2.24, 2.45) is 0 Å². The largest absolute Gasteiger partial charge is 0.459 e. The number of nitrogens with one attached hydrogen (secondary N) is 1.